The van der Waals surface area contributed by atoms with Crippen LogP contribution in [0, 0.1) is 0 Å². The number of carbonyl (C=O) groups is 1. The van der Waals surface area contributed by atoms with Crippen molar-refractivity contribution in [2.24, 2.45) is 0 Å². The molecule has 1 aromatic heterocycles. The number of benzene rings is 1. The van der Waals surface area contributed by atoms with E-state index in [1.165, 1.54) is 0 Å². The molecule has 3 rings (SSSR count). The quantitative estimate of drug-likeness (QED) is 0.911. The Kier molecular flexibility index (Phi) is 3.75. The van der Waals surface area contributed by atoms with Gasteiger partial charge in [-0.25, -0.2) is 0 Å². The third-order valence-electron chi connectivity index (χ3n) is 3.82. The number of hydrogen-bond donors (Lipinski definition) is 2. The summed E-state index contributed by atoms with van der Waals surface area (Å²) in [5.74, 6) is -0.232. The largest absolute Gasteiger partial charge is 0.508 e. The van der Waals surface area contributed by atoms with Crippen molar-refractivity contribution in [1.82, 2.24) is 15.1 Å². The van der Waals surface area contributed by atoms with E-state index < -0.39 is 17.8 Å². The Labute approximate surface area is 129 Å². The number of aromatic hydroxyl groups is 1. The number of phenolic OH excluding ortho intramolecular Hbond substituents is 1. The maximum Gasteiger partial charge on any atom is 0.435 e. The number of nitrogens with one attached hydrogen (secondary N) is 1. The van der Waals surface area contributed by atoms with Gasteiger partial charge in [0.15, 0.2) is 5.69 Å². The van der Waals surface area contributed by atoms with Crippen LogP contribution in [-0.2, 0) is 23.9 Å². The van der Waals surface area contributed by atoms with Crippen LogP contribution >= 0.6 is 0 Å². The number of fused-ring (bicyclic) bond motifs is 1. The molecule has 1 aliphatic carbocycles. The van der Waals surface area contributed by atoms with E-state index in [4.69, 9.17) is 0 Å². The highest BCUT2D eigenvalue weighted by Gasteiger charge is 2.33. The van der Waals surface area contributed by atoms with Crippen molar-refractivity contribution in [3.8, 4) is 5.75 Å². The van der Waals surface area contributed by atoms with Gasteiger partial charge in [0.2, 0.25) is 5.91 Å². The van der Waals surface area contributed by atoms with Crippen LogP contribution in [0.4, 0.5) is 13.2 Å². The Bertz CT molecular complexity index is 740. The van der Waals surface area contributed by atoms with E-state index in [2.05, 4.69) is 10.4 Å². The lowest BCUT2D eigenvalue weighted by Crippen LogP contribution is -2.30. The van der Waals surface area contributed by atoms with Crippen LogP contribution < -0.4 is 5.32 Å². The van der Waals surface area contributed by atoms with Gasteiger partial charge in [-0.15, -0.1) is 0 Å². The van der Waals surface area contributed by atoms with Crippen molar-refractivity contribution in [2.45, 2.75) is 31.6 Å². The molecule has 0 bridgehead atoms. The second kappa shape index (κ2) is 5.60. The van der Waals surface area contributed by atoms with Gasteiger partial charge in [0, 0.05) is 6.20 Å². The molecule has 1 amide bonds. The third-order valence-corrected chi connectivity index (χ3v) is 3.82. The molecule has 0 fully saturated rings. The van der Waals surface area contributed by atoms with Crippen LogP contribution in [-0.4, -0.2) is 20.8 Å². The highest BCUT2D eigenvalue weighted by Crippen LogP contribution is 2.36. The molecule has 2 N–H and O–H groups in total. The molecule has 1 atom stereocenters. The number of hydrogen-bond acceptors (Lipinski definition) is 3. The molecule has 1 heterocycles. The first-order valence-corrected chi connectivity index (χ1v) is 7.05. The number of nitrogens with zero attached hydrogens (tertiary/aromatic N) is 2. The minimum atomic E-state index is -4.52. The molecule has 5 nitrogen and oxygen atoms in total. The highest BCUT2D eigenvalue weighted by atomic mass is 19.4. The van der Waals surface area contributed by atoms with Gasteiger partial charge in [-0.1, -0.05) is 12.1 Å². The summed E-state index contributed by atoms with van der Waals surface area (Å²) in [6.07, 6.45) is -2.11. The Morgan fingerprint density at radius 1 is 1.39 bits per heavy atom. The summed E-state index contributed by atoms with van der Waals surface area (Å²) in [4.78, 5) is 12.0. The first-order valence-electron chi connectivity index (χ1n) is 7.05. The fourth-order valence-corrected chi connectivity index (χ4v) is 2.77. The fourth-order valence-electron chi connectivity index (χ4n) is 2.77. The van der Waals surface area contributed by atoms with E-state index in [0.29, 0.717) is 12.8 Å². The molecule has 0 saturated carbocycles. The standard InChI is InChI=1S/C15H14F3N3O2/c16-15(17,18)13-6-7-21(20-13)8-14(23)19-11-5-4-10-9(11)2-1-3-12(10)22/h1-3,6-7,11,22H,4-5,8H2,(H,19,23)/t11-/m0/s1. The van der Waals surface area contributed by atoms with Gasteiger partial charge >= 0.3 is 6.18 Å². The van der Waals surface area contributed by atoms with Gasteiger partial charge < -0.3 is 10.4 Å². The monoisotopic (exact) mass is 325 g/mol. The van der Waals surface area contributed by atoms with Crippen LogP contribution in [0.15, 0.2) is 30.5 Å². The van der Waals surface area contributed by atoms with E-state index in [1.54, 1.807) is 12.1 Å². The molecule has 23 heavy (non-hydrogen) atoms. The summed E-state index contributed by atoms with van der Waals surface area (Å²) in [7, 11) is 0. The van der Waals surface area contributed by atoms with Gasteiger partial charge in [-0.3, -0.25) is 9.48 Å². The number of halogens is 3. The van der Waals surface area contributed by atoms with Crippen molar-refractivity contribution in [2.75, 3.05) is 0 Å². The van der Waals surface area contributed by atoms with Crippen molar-refractivity contribution in [3.63, 3.8) is 0 Å². The lowest BCUT2D eigenvalue weighted by Gasteiger charge is -2.14. The first-order chi connectivity index (χ1) is 10.8. The predicted molar refractivity (Wildman–Crippen MR) is 74.5 cm³/mol. The molecule has 1 aliphatic rings. The molecular formula is C15H14F3N3O2. The second-order valence-electron chi connectivity index (χ2n) is 5.40. The normalized spacial score (nSPS) is 17.1. The smallest absolute Gasteiger partial charge is 0.435 e. The minimum absolute atomic E-state index is 0.196. The minimum Gasteiger partial charge on any atom is -0.508 e. The maximum atomic E-state index is 12.5. The number of alkyl halides is 3. The van der Waals surface area contributed by atoms with Gasteiger partial charge in [0.25, 0.3) is 0 Å². The number of rotatable bonds is 3. The molecule has 122 valence electrons. The van der Waals surface area contributed by atoms with Gasteiger partial charge in [-0.05, 0) is 36.1 Å². The first kappa shape index (κ1) is 15.4. The second-order valence-corrected chi connectivity index (χ2v) is 5.40. The molecule has 0 radical (unpaired) electrons. The van der Waals surface area contributed by atoms with Crippen LogP contribution in [0.5, 0.6) is 5.75 Å². The molecule has 1 aromatic carbocycles. The Hall–Kier alpha value is -2.51. The van der Waals surface area contributed by atoms with Gasteiger partial charge in [0.05, 0.1) is 6.04 Å². The third kappa shape index (κ3) is 3.15. The molecule has 2 aromatic rings. The number of aromatic nitrogens is 2. The fraction of sp³-hybridized carbons (Fsp3) is 0.333. The van der Waals surface area contributed by atoms with Crippen LogP contribution in [0.3, 0.4) is 0 Å². The lowest BCUT2D eigenvalue weighted by atomic mass is 10.1. The summed E-state index contributed by atoms with van der Waals surface area (Å²) < 4.78 is 38.4. The highest BCUT2D eigenvalue weighted by molar-refractivity contribution is 5.76. The summed E-state index contributed by atoms with van der Waals surface area (Å²) in [6, 6.07) is 5.69. The topological polar surface area (TPSA) is 67.2 Å². The zero-order valence-electron chi connectivity index (χ0n) is 12.0. The van der Waals surface area contributed by atoms with Crippen LogP contribution in [0.1, 0.15) is 29.3 Å². The number of phenols is 1. The van der Waals surface area contributed by atoms with Crippen LogP contribution in [0.2, 0.25) is 0 Å². The number of amides is 1. The van der Waals surface area contributed by atoms with E-state index >= 15 is 0 Å². The lowest BCUT2D eigenvalue weighted by molar-refractivity contribution is -0.141. The predicted octanol–water partition coefficient (Wildman–Crippen LogP) is 2.41. The summed E-state index contributed by atoms with van der Waals surface area (Å²) >= 11 is 0. The zero-order chi connectivity index (χ0) is 16.6. The summed E-state index contributed by atoms with van der Waals surface area (Å²) in [5.41, 5.74) is 0.618. The Morgan fingerprint density at radius 2 is 2.17 bits per heavy atom. The Balaban J connectivity index is 1.65. The average molecular weight is 325 g/mol. The maximum absolute atomic E-state index is 12.5. The SMILES string of the molecule is O=C(Cn1ccc(C(F)(F)F)n1)N[C@H]1CCc2c(O)cccc21. The average Bonchev–Trinajstić information content (AvgIpc) is 3.07. The van der Waals surface area contributed by atoms with E-state index in [9.17, 15) is 23.1 Å². The summed E-state index contributed by atoms with van der Waals surface area (Å²) in [6.45, 7) is -0.291. The number of carbonyl (C=O) groups excluding carboxylic acids is 1. The zero-order valence-corrected chi connectivity index (χ0v) is 12.0. The van der Waals surface area contributed by atoms with E-state index in [1.807, 2.05) is 6.07 Å². The molecule has 0 spiro atoms. The van der Waals surface area contributed by atoms with E-state index in [-0.39, 0.29) is 18.3 Å². The summed E-state index contributed by atoms with van der Waals surface area (Å²) in [5, 5.41) is 15.9. The molecule has 0 unspecified atom stereocenters. The van der Waals surface area contributed by atoms with Crippen molar-refractivity contribution < 1.29 is 23.1 Å². The van der Waals surface area contributed by atoms with Crippen molar-refractivity contribution in [3.05, 3.63) is 47.3 Å². The Morgan fingerprint density at radius 3 is 2.87 bits per heavy atom. The van der Waals surface area contributed by atoms with Gasteiger partial charge in [0.1, 0.15) is 12.3 Å². The van der Waals surface area contributed by atoms with E-state index in [0.717, 1.165) is 28.1 Å². The molecule has 0 saturated heterocycles. The van der Waals surface area contributed by atoms with Crippen molar-refractivity contribution >= 4 is 5.91 Å². The molecular weight excluding hydrogens is 311 g/mol. The van der Waals surface area contributed by atoms with Crippen molar-refractivity contribution in [1.29, 1.82) is 0 Å². The molecule has 0 aliphatic heterocycles. The molecule has 8 heteroatoms. The van der Waals surface area contributed by atoms with Crippen LogP contribution in [0.25, 0.3) is 0 Å². The van der Waals surface area contributed by atoms with Gasteiger partial charge in [-0.2, -0.15) is 18.3 Å².